The predicted octanol–water partition coefficient (Wildman–Crippen LogP) is 0.0888. The van der Waals surface area contributed by atoms with Gasteiger partial charge >= 0.3 is 5.97 Å². The zero-order chi connectivity index (χ0) is 15.4. The summed E-state index contributed by atoms with van der Waals surface area (Å²) in [6, 6.07) is 4.64. The van der Waals surface area contributed by atoms with Crippen molar-refractivity contribution in [2.24, 2.45) is 0 Å². The molecule has 7 nitrogen and oxygen atoms in total. The molecule has 0 aromatic heterocycles. The highest BCUT2D eigenvalue weighted by Gasteiger charge is 2.31. The highest BCUT2D eigenvalue weighted by Crippen LogP contribution is 2.28. The van der Waals surface area contributed by atoms with E-state index in [1.807, 2.05) is 6.07 Å². The summed E-state index contributed by atoms with van der Waals surface area (Å²) in [4.78, 5) is 24.3. The summed E-state index contributed by atoms with van der Waals surface area (Å²) in [7, 11) is 3.09. The molecule has 1 fully saturated rings. The molecule has 2 rings (SSSR count). The van der Waals surface area contributed by atoms with Gasteiger partial charge in [-0.3, -0.25) is 14.5 Å². The fourth-order valence-corrected chi connectivity index (χ4v) is 2.31. The third-order valence-electron chi connectivity index (χ3n) is 3.40. The zero-order valence-electron chi connectivity index (χ0n) is 12.0. The Bertz CT molecular complexity index is 546. The molecule has 0 bridgehead atoms. The maximum Gasteiger partial charge on any atom is 0.322 e. The van der Waals surface area contributed by atoms with Crippen LogP contribution in [0.15, 0.2) is 18.2 Å². The van der Waals surface area contributed by atoms with Gasteiger partial charge in [-0.05, 0) is 17.7 Å². The number of carboxylic acids is 1. The van der Waals surface area contributed by atoms with Crippen LogP contribution in [0.5, 0.6) is 11.5 Å². The number of methoxy groups -OCH3 is 2. The summed E-state index contributed by atoms with van der Waals surface area (Å²) in [5.74, 6) is 0.0548. The van der Waals surface area contributed by atoms with E-state index in [0.717, 1.165) is 5.56 Å². The number of carboxylic acid groups (broad SMARTS) is 1. The van der Waals surface area contributed by atoms with Crippen LogP contribution < -0.4 is 14.8 Å². The molecule has 0 spiro atoms. The Hall–Kier alpha value is -2.28. The number of carbonyl (C=O) groups is 2. The molecule has 114 valence electrons. The topological polar surface area (TPSA) is 88.1 Å². The molecule has 0 aliphatic carbocycles. The summed E-state index contributed by atoms with van der Waals surface area (Å²) in [5.41, 5.74) is 0.855. The minimum atomic E-state index is -0.949. The fourth-order valence-electron chi connectivity index (χ4n) is 2.31. The van der Waals surface area contributed by atoms with Gasteiger partial charge in [0, 0.05) is 13.1 Å². The van der Waals surface area contributed by atoms with Gasteiger partial charge in [0.1, 0.15) is 6.04 Å². The molecule has 1 saturated heterocycles. The molecule has 1 atom stereocenters. The van der Waals surface area contributed by atoms with E-state index in [0.29, 0.717) is 18.0 Å². The Morgan fingerprint density at radius 3 is 2.71 bits per heavy atom. The third-order valence-corrected chi connectivity index (χ3v) is 3.40. The molecule has 1 unspecified atom stereocenters. The Labute approximate surface area is 122 Å². The predicted molar refractivity (Wildman–Crippen MR) is 74.4 cm³/mol. The summed E-state index contributed by atoms with van der Waals surface area (Å²) >= 11 is 0. The number of nitrogens with zero attached hydrogens (tertiary/aromatic N) is 1. The number of hydrogen-bond donors (Lipinski definition) is 2. The SMILES string of the molecule is COc1ccc(CN2CC(=O)NCC2C(=O)O)cc1OC. The Balaban J connectivity index is 2.18. The highest BCUT2D eigenvalue weighted by atomic mass is 16.5. The van der Waals surface area contributed by atoms with Crippen molar-refractivity contribution in [2.75, 3.05) is 27.3 Å². The van der Waals surface area contributed by atoms with Crippen LogP contribution in [-0.2, 0) is 16.1 Å². The summed E-state index contributed by atoms with van der Waals surface area (Å²) in [6.45, 7) is 0.525. The van der Waals surface area contributed by atoms with E-state index in [9.17, 15) is 14.7 Å². The summed E-state index contributed by atoms with van der Waals surface area (Å²) < 4.78 is 10.4. The quantitative estimate of drug-likeness (QED) is 0.800. The maximum atomic E-state index is 11.5. The minimum Gasteiger partial charge on any atom is -0.493 e. The van der Waals surface area contributed by atoms with Gasteiger partial charge in [0.25, 0.3) is 0 Å². The smallest absolute Gasteiger partial charge is 0.322 e. The monoisotopic (exact) mass is 294 g/mol. The van der Waals surface area contributed by atoms with Crippen LogP contribution >= 0.6 is 0 Å². The highest BCUT2D eigenvalue weighted by molar-refractivity contribution is 5.83. The second-order valence-corrected chi connectivity index (χ2v) is 4.75. The van der Waals surface area contributed by atoms with E-state index >= 15 is 0 Å². The van der Waals surface area contributed by atoms with Gasteiger partial charge in [-0.1, -0.05) is 6.07 Å². The molecular formula is C14H18N2O5. The Morgan fingerprint density at radius 1 is 1.38 bits per heavy atom. The van der Waals surface area contributed by atoms with Gasteiger partial charge in [-0.2, -0.15) is 0 Å². The van der Waals surface area contributed by atoms with Crippen molar-refractivity contribution >= 4 is 11.9 Å². The number of carbonyl (C=O) groups excluding carboxylic acids is 1. The van der Waals surface area contributed by atoms with Crippen molar-refractivity contribution < 1.29 is 24.2 Å². The van der Waals surface area contributed by atoms with Crippen LogP contribution in [0.1, 0.15) is 5.56 Å². The third kappa shape index (κ3) is 3.43. The number of hydrogen-bond acceptors (Lipinski definition) is 5. The van der Waals surface area contributed by atoms with Crippen LogP contribution in [0, 0.1) is 0 Å². The molecule has 1 aromatic rings. The molecule has 1 heterocycles. The normalized spacial score (nSPS) is 19.0. The van der Waals surface area contributed by atoms with Crippen molar-refractivity contribution in [2.45, 2.75) is 12.6 Å². The summed E-state index contributed by atoms with van der Waals surface area (Å²) in [5, 5.41) is 11.8. The molecule has 7 heteroatoms. The Morgan fingerprint density at radius 2 is 2.10 bits per heavy atom. The first-order valence-electron chi connectivity index (χ1n) is 6.49. The van der Waals surface area contributed by atoms with Crippen LogP contribution in [0.4, 0.5) is 0 Å². The lowest BCUT2D eigenvalue weighted by Crippen LogP contribution is -2.56. The van der Waals surface area contributed by atoms with Gasteiger partial charge in [0.05, 0.1) is 20.8 Å². The lowest BCUT2D eigenvalue weighted by atomic mass is 10.1. The van der Waals surface area contributed by atoms with Crippen LogP contribution in [0.2, 0.25) is 0 Å². The first-order chi connectivity index (χ1) is 10.0. The number of rotatable bonds is 5. The van der Waals surface area contributed by atoms with Crippen molar-refractivity contribution in [3.63, 3.8) is 0 Å². The molecule has 1 amide bonds. The maximum absolute atomic E-state index is 11.5. The number of nitrogens with one attached hydrogen (secondary N) is 1. The molecule has 0 saturated carbocycles. The molecule has 2 N–H and O–H groups in total. The number of amides is 1. The average Bonchev–Trinajstić information content (AvgIpc) is 2.46. The largest absolute Gasteiger partial charge is 0.493 e. The molecule has 0 radical (unpaired) electrons. The molecule has 1 aliphatic heterocycles. The van der Waals surface area contributed by atoms with Crippen LogP contribution in [-0.4, -0.2) is 55.2 Å². The van der Waals surface area contributed by atoms with Crippen molar-refractivity contribution in [3.8, 4) is 11.5 Å². The number of ether oxygens (including phenoxy) is 2. The van der Waals surface area contributed by atoms with E-state index in [2.05, 4.69) is 5.32 Å². The van der Waals surface area contributed by atoms with E-state index in [-0.39, 0.29) is 19.0 Å². The van der Waals surface area contributed by atoms with Gasteiger partial charge in [-0.25, -0.2) is 0 Å². The molecular weight excluding hydrogens is 276 g/mol. The fraction of sp³-hybridized carbons (Fsp3) is 0.429. The first kappa shape index (κ1) is 15.1. The van der Waals surface area contributed by atoms with E-state index in [4.69, 9.17) is 9.47 Å². The van der Waals surface area contributed by atoms with Gasteiger partial charge in [0.15, 0.2) is 11.5 Å². The minimum absolute atomic E-state index is 0.0608. The zero-order valence-corrected chi connectivity index (χ0v) is 12.0. The second-order valence-electron chi connectivity index (χ2n) is 4.75. The van der Waals surface area contributed by atoms with Gasteiger partial charge in [-0.15, -0.1) is 0 Å². The molecule has 1 aliphatic rings. The number of benzene rings is 1. The summed E-state index contributed by atoms with van der Waals surface area (Å²) in [6.07, 6.45) is 0. The number of aliphatic carboxylic acids is 1. The van der Waals surface area contributed by atoms with Crippen molar-refractivity contribution in [1.29, 1.82) is 0 Å². The van der Waals surface area contributed by atoms with Crippen molar-refractivity contribution in [1.82, 2.24) is 10.2 Å². The van der Waals surface area contributed by atoms with Crippen molar-refractivity contribution in [3.05, 3.63) is 23.8 Å². The lowest BCUT2D eigenvalue weighted by molar-refractivity contribution is -0.146. The standard InChI is InChI=1S/C14H18N2O5/c1-20-11-4-3-9(5-12(11)21-2)7-16-8-13(17)15-6-10(16)14(18)19/h3-5,10H,6-8H2,1-2H3,(H,15,17)(H,18,19). The first-order valence-corrected chi connectivity index (χ1v) is 6.49. The Kier molecular flexibility index (Phi) is 4.64. The molecule has 21 heavy (non-hydrogen) atoms. The van der Waals surface area contributed by atoms with E-state index in [1.165, 1.54) is 7.11 Å². The van der Waals surface area contributed by atoms with E-state index in [1.54, 1.807) is 24.1 Å². The van der Waals surface area contributed by atoms with Gasteiger partial charge < -0.3 is 19.9 Å². The molecule has 1 aromatic carbocycles. The van der Waals surface area contributed by atoms with E-state index < -0.39 is 12.0 Å². The van der Waals surface area contributed by atoms with Gasteiger partial charge in [0.2, 0.25) is 5.91 Å². The lowest BCUT2D eigenvalue weighted by Gasteiger charge is -2.32. The number of piperazine rings is 1. The van der Waals surface area contributed by atoms with Crippen LogP contribution in [0.3, 0.4) is 0 Å². The van der Waals surface area contributed by atoms with Crippen LogP contribution in [0.25, 0.3) is 0 Å². The second kappa shape index (κ2) is 6.45. The average molecular weight is 294 g/mol.